The quantitative estimate of drug-likeness (QED) is 0.0199. The first-order chi connectivity index (χ1) is 44.3. The highest BCUT2D eigenvalue weighted by molar-refractivity contribution is 5.76. The van der Waals surface area contributed by atoms with Crippen molar-refractivity contribution in [1.82, 2.24) is 5.32 Å². The van der Waals surface area contributed by atoms with Crippen molar-refractivity contribution in [3.05, 3.63) is 36.5 Å². The van der Waals surface area contributed by atoms with E-state index in [-0.39, 0.29) is 18.9 Å². The molecule has 19 heteroatoms. The van der Waals surface area contributed by atoms with Gasteiger partial charge in [-0.15, -0.1) is 0 Å². The van der Waals surface area contributed by atoms with Gasteiger partial charge in [0.05, 0.1) is 38.6 Å². The largest absolute Gasteiger partial charge is 0.394 e. The highest BCUT2D eigenvalue weighted by Gasteiger charge is 2.53. The lowest BCUT2D eigenvalue weighted by Gasteiger charge is -2.48. The van der Waals surface area contributed by atoms with Crippen molar-refractivity contribution in [3.63, 3.8) is 0 Å². The van der Waals surface area contributed by atoms with E-state index in [2.05, 4.69) is 43.5 Å². The van der Waals surface area contributed by atoms with Gasteiger partial charge in [-0.1, -0.05) is 256 Å². The summed E-state index contributed by atoms with van der Waals surface area (Å²) in [6.07, 6.45) is 37.1. The second-order valence-electron chi connectivity index (χ2n) is 26.4. The van der Waals surface area contributed by atoms with E-state index in [0.29, 0.717) is 12.8 Å². The summed E-state index contributed by atoms with van der Waals surface area (Å²) in [5.41, 5.74) is 0. The fraction of sp³-hybridized carbons (Fsp3) is 0.903. The van der Waals surface area contributed by atoms with Crippen LogP contribution in [0.25, 0.3) is 0 Å². The van der Waals surface area contributed by atoms with Crippen LogP contribution in [0.1, 0.15) is 284 Å². The smallest absolute Gasteiger partial charge is 0.220 e. The molecule has 0 aromatic heterocycles. The molecule has 3 aliphatic heterocycles. The van der Waals surface area contributed by atoms with Gasteiger partial charge in [-0.2, -0.15) is 0 Å². The molecule has 0 radical (unpaired) electrons. The Hall–Kier alpha value is -1.99. The molecule has 91 heavy (non-hydrogen) atoms. The Morgan fingerprint density at radius 2 is 0.703 bits per heavy atom. The molecule has 1 amide bonds. The van der Waals surface area contributed by atoms with Gasteiger partial charge in [0.2, 0.25) is 5.91 Å². The molecule has 17 atom stereocenters. The highest BCUT2D eigenvalue weighted by atomic mass is 16.8. The Balaban J connectivity index is 1.42. The van der Waals surface area contributed by atoms with Crippen LogP contribution in [0.3, 0.4) is 0 Å². The van der Waals surface area contributed by atoms with Crippen molar-refractivity contribution in [2.75, 3.05) is 26.4 Å². The molecule has 3 fully saturated rings. The number of aliphatic hydroxyl groups is 11. The number of nitrogens with one attached hydrogen (secondary N) is 1. The van der Waals surface area contributed by atoms with Crippen molar-refractivity contribution in [1.29, 1.82) is 0 Å². The number of allylic oxidation sites excluding steroid dienone is 5. The summed E-state index contributed by atoms with van der Waals surface area (Å²) < 4.78 is 34.4. The van der Waals surface area contributed by atoms with Crippen LogP contribution in [-0.2, 0) is 33.2 Å². The third-order valence-corrected chi connectivity index (χ3v) is 18.4. The van der Waals surface area contributed by atoms with E-state index in [9.17, 15) is 61.0 Å². The van der Waals surface area contributed by atoms with Crippen molar-refractivity contribution >= 4 is 5.91 Å². The summed E-state index contributed by atoms with van der Waals surface area (Å²) in [6.45, 7) is 1.73. The molecule has 19 nitrogen and oxygen atoms in total. The van der Waals surface area contributed by atoms with Gasteiger partial charge in [-0.05, 0) is 57.8 Å². The second-order valence-corrected chi connectivity index (χ2v) is 26.4. The third-order valence-electron chi connectivity index (χ3n) is 18.4. The van der Waals surface area contributed by atoms with E-state index in [1.807, 2.05) is 6.08 Å². The van der Waals surface area contributed by atoms with Crippen LogP contribution in [-0.4, -0.2) is 193 Å². The maximum absolute atomic E-state index is 13.4. The molecule has 0 saturated carbocycles. The number of rotatable bonds is 57. The van der Waals surface area contributed by atoms with Crippen LogP contribution >= 0.6 is 0 Å². The molecule has 0 aromatic carbocycles. The van der Waals surface area contributed by atoms with Gasteiger partial charge >= 0.3 is 0 Å². The van der Waals surface area contributed by atoms with Crippen LogP contribution < -0.4 is 5.32 Å². The predicted molar refractivity (Wildman–Crippen MR) is 356 cm³/mol. The first-order valence-corrected chi connectivity index (χ1v) is 36.7. The molecule has 0 bridgehead atoms. The SMILES string of the molecule is CCCCCCCC/C=C\CCCCCCCCCC(=O)NC(COC1OC(CO)C(OC2OC(CO)C(OC3OC(CO)C(O)C(O)C3O)C(O)C2O)C(O)C1O)C(O)/C=C/CC/C=C/CCCCCCCCCCCCCCCCCCCCCCCCC. The summed E-state index contributed by atoms with van der Waals surface area (Å²) in [5.74, 6) is -0.288. The van der Waals surface area contributed by atoms with E-state index >= 15 is 0 Å². The lowest BCUT2D eigenvalue weighted by molar-refractivity contribution is -0.379. The predicted octanol–water partition coefficient (Wildman–Crippen LogP) is 10.4. The van der Waals surface area contributed by atoms with Crippen LogP contribution in [0.5, 0.6) is 0 Å². The fourth-order valence-corrected chi connectivity index (χ4v) is 12.4. The molecule has 534 valence electrons. The Bertz CT molecular complexity index is 1790. The summed E-state index contributed by atoms with van der Waals surface area (Å²) in [6, 6.07) is -0.992. The molecule has 12 N–H and O–H groups in total. The normalized spacial score (nSPS) is 28.0. The average molecular weight is 1300 g/mol. The van der Waals surface area contributed by atoms with E-state index < -0.39 is 124 Å². The number of carbonyl (C=O) groups excluding carboxylic acids is 1. The molecular formula is C72H133NO18. The molecule has 3 aliphatic rings. The van der Waals surface area contributed by atoms with E-state index in [0.717, 1.165) is 51.4 Å². The van der Waals surface area contributed by atoms with Gasteiger partial charge in [-0.25, -0.2) is 0 Å². The zero-order valence-electron chi connectivity index (χ0n) is 56.6. The first kappa shape index (κ1) is 83.2. The Labute approximate surface area is 549 Å². The monoisotopic (exact) mass is 1300 g/mol. The lowest BCUT2D eigenvalue weighted by atomic mass is 9.96. The number of amides is 1. The number of ether oxygens (including phenoxy) is 6. The molecule has 3 saturated heterocycles. The van der Waals surface area contributed by atoms with Crippen molar-refractivity contribution in [2.45, 2.75) is 388 Å². The van der Waals surface area contributed by atoms with E-state index in [1.54, 1.807) is 6.08 Å². The summed E-state index contributed by atoms with van der Waals surface area (Å²) in [4.78, 5) is 13.4. The Morgan fingerprint density at radius 3 is 1.10 bits per heavy atom. The maximum Gasteiger partial charge on any atom is 0.220 e. The van der Waals surface area contributed by atoms with Gasteiger partial charge in [-0.3, -0.25) is 4.79 Å². The highest BCUT2D eigenvalue weighted by Crippen LogP contribution is 2.33. The second kappa shape index (κ2) is 54.1. The number of hydrogen-bond acceptors (Lipinski definition) is 18. The van der Waals surface area contributed by atoms with Crippen molar-refractivity contribution < 1.29 is 89.4 Å². The molecule has 0 spiro atoms. The van der Waals surface area contributed by atoms with Gasteiger partial charge in [0.1, 0.15) is 73.2 Å². The van der Waals surface area contributed by atoms with Crippen molar-refractivity contribution in [2.24, 2.45) is 0 Å². The van der Waals surface area contributed by atoms with Gasteiger partial charge in [0, 0.05) is 6.42 Å². The van der Waals surface area contributed by atoms with Crippen LogP contribution in [0.2, 0.25) is 0 Å². The van der Waals surface area contributed by atoms with Crippen molar-refractivity contribution in [3.8, 4) is 0 Å². The van der Waals surface area contributed by atoms with Gasteiger partial charge in [0.15, 0.2) is 18.9 Å². The fourth-order valence-electron chi connectivity index (χ4n) is 12.4. The number of hydrogen-bond donors (Lipinski definition) is 12. The van der Waals surface area contributed by atoms with Crippen LogP contribution in [0, 0.1) is 0 Å². The maximum atomic E-state index is 13.4. The lowest BCUT2D eigenvalue weighted by Crippen LogP contribution is -2.66. The Kier molecular flexibility index (Phi) is 49.5. The number of aliphatic hydroxyl groups excluding tert-OH is 11. The molecule has 0 aliphatic carbocycles. The average Bonchev–Trinajstić information content (AvgIpc) is 0.885. The summed E-state index contributed by atoms with van der Waals surface area (Å²) >= 11 is 0. The molecule has 17 unspecified atom stereocenters. The molecule has 3 heterocycles. The topological polar surface area (TPSA) is 307 Å². The summed E-state index contributed by atoms with van der Waals surface area (Å²) in [5, 5.41) is 121. The Morgan fingerprint density at radius 1 is 0.385 bits per heavy atom. The third kappa shape index (κ3) is 35.7. The van der Waals surface area contributed by atoms with Crippen LogP contribution in [0.15, 0.2) is 36.5 Å². The standard InChI is InChI=1S/C72H133NO18/c1-3-5-7-9-11-13-15-17-19-21-22-23-24-25-26-27-28-29-30-31-32-34-35-37-39-41-43-45-47-49-56(77)55(73-60(78)50-48-46-44-42-40-38-36-33-20-18-16-14-12-10-8-6-4-2)54-86-70-66(84)63(81)68(58(52-75)88-70)91-72-67(85)64(82)69(59(53-76)89-72)90-71-65(83)62(80)61(79)57(51-74)87-71/h18,20,39,41,47,49,55-59,61-72,74-77,79-85H,3-17,19,21-38,40,42-46,48,50-54H2,1-2H3,(H,73,78)/b20-18-,41-39+,49-47+. The minimum absolute atomic E-state index is 0.231. The van der Waals surface area contributed by atoms with Crippen LogP contribution in [0.4, 0.5) is 0 Å². The minimum atomic E-state index is -1.98. The van der Waals surface area contributed by atoms with Gasteiger partial charge < -0.3 is 89.9 Å². The molecule has 3 rings (SSSR count). The first-order valence-electron chi connectivity index (χ1n) is 36.7. The summed E-state index contributed by atoms with van der Waals surface area (Å²) in [7, 11) is 0. The zero-order valence-corrected chi connectivity index (χ0v) is 56.6. The number of carbonyl (C=O) groups is 1. The minimum Gasteiger partial charge on any atom is -0.394 e. The van der Waals surface area contributed by atoms with E-state index in [1.165, 1.54) is 199 Å². The van der Waals surface area contributed by atoms with Gasteiger partial charge in [0.25, 0.3) is 0 Å². The number of unbranched alkanes of at least 4 members (excludes halogenated alkanes) is 37. The molecule has 0 aromatic rings. The van der Waals surface area contributed by atoms with E-state index in [4.69, 9.17) is 28.4 Å². The molecular weight excluding hydrogens is 1170 g/mol. The zero-order chi connectivity index (χ0) is 66.1.